The number of piperidine rings is 1. The van der Waals surface area contributed by atoms with Gasteiger partial charge in [-0.15, -0.1) is 0 Å². The molecule has 0 amide bonds. The van der Waals surface area contributed by atoms with Crippen molar-refractivity contribution in [3.05, 3.63) is 18.5 Å². The van der Waals surface area contributed by atoms with Gasteiger partial charge in [0.25, 0.3) is 10.2 Å². The second kappa shape index (κ2) is 10.7. The molecule has 3 rings (SSSR count). The van der Waals surface area contributed by atoms with E-state index in [9.17, 15) is 22.8 Å². The number of phosphoric ester groups is 1. The molecule has 12 nitrogen and oxygen atoms in total. The number of rotatable bonds is 8. The molecule has 1 aromatic carbocycles. The van der Waals surface area contributed by atoms with Gasteiger partial charge in [-0.05, 0) is 31.2 Å². The van der Waals surface area contributed by atoms with Crippen LogP contribution in [0.5, 0.6) is 11.5 Å². The van der Waals surface area contributed by atoms with Crippen LogP contribution in [-0.2, 0) is 14.8 Å². The van der Waals surface area contributed by atoms with Gasteiger partial charge < -0.3 is 14.2 Å². The van der Waals surface area contributed by atoms with Gasteiger partial charge >= 0.3 is 37.4 Å². The van der Waals surface area contributed by atoms with E-state index in [0.29, 0.717) is 48.7 Å². The Morgan fingerprint density at radius 2 is 1.94 bits per heavy atom. The summed E-state index contributed by atoms with van der Waals surface area (Å²) in [5.74, 6) is 1.02. The molecule has 0 atom stereocenters. The van der Waals surface area contributed by atoms with Crippen LogP contribution in [0.3, 0.4) is 0 Å². The van der Waals surface area contributed by atoms with Crippen LogP contribution >= 0.6 is 7.82 Å². The van der Waals surface area contributed by atoms with Crippen LogP contribution in [-0.4, -0.2) is 84.5 Å². The van der Waals surface area contributed by atoms with Crippen molar-refractivity contribution in [3.8, 4) is 11.5 Å². The molecular weight excluding hydrogens is 460 g/mol. The summed E-state index contributed by atoms with van der Waals surface area (Å²) in [6.45, 7) is 1.67. The molecule has 0 radical (unpaired) electrons. The van der Waals surface area contributed by atoms with Gasteiger partial charge in [0.15, 0.2) is 11.5 Å². The molecule has 1 aliphatic rings. The topological polar surface area (TPSA) is 177 Å². The van der Waals surface area contributed by atoms with Gasteiger partial charge in [-0.3, -0.25) is 9.79 Å². The van der Waals surface area contributed by atoms with Crippen molar-refractivity contribution in [2.75, 3.05) is 31.6 Å². The summed E-state index contributed by atoms with van der Waals surface area (Å²) >= 11 is 0. The van der Waals surface area contributed by atoms with Crippen LogP contribution in [0.15, 0.2) is 18.5 Å². The van der Waals surface area contributed by atoms with Crippen LogP contribution in [0, 0.1) is 5.92 Å². The van der Waals surface area contributed by atoms with Crippen molar-refractivity contribution in [2.45, 2.75) is 19.3 Å². The summed E-state index contributed by atoms with van der Waals surface area (Å²) in [6.07, 6.45) is 3.77. The molecule has 5 N–H and O–H groups in total. The summed E-state index contributed by atoms with van der Waals surface area (Å²) in [5.41, 5.74) is 0.550. The average Bonchev–Trinajstić information content (AvgIpc) is 2.65. The van der Waals surface area contributed by atoms with Crippen LogP contribution in [0.25, 0.3) is 10.9 Å². The summed E-state index contributed by atoms with van der Waals surface area (Å²) in [5, 5.41) is 5.52. The van der Waals surface area contributed by atoms with Crippen molar-refractivity contribution in [2.24, 2.45) is 11.1 Å². The molecule has 31 heavy (non-hydrogen) atoms. The number of aromatic nitrogens is 2. The minimum atomic E-state index is -4.78. The number of phosphoric acid groups is 1. The molecule has 168 valence electrons. The molecule has 1 aliphatic heterocycles. The third kappa shape index (κ3) is 7.52. The third-order valence-electron chi connectivity index (χ3n) is 4.89. The zero-order valence-electron chi connectivity index (χ0n) is 16.3. The van der Waals surface area contributed by atoms with E-state index in [1.54, 1.807) is 0 Å². The maximum absolute atomic E-state index is 11.3. The Hall–Kier alpha value is -1.02. The van der Waals surface area contributed by atoms with Crippen molar-refractivity contribution in [1.29, 1.82) is 0 Å². The molecule has 2 aromatic rings. The van der Waals surface area contributed by atoms with Crippen molar-refractivity contribution >= 4 is 64.3 Å². The van der Waals surface area contributed by atoms with E-state index in [2.05, 4.69) is 19.6 Å². The normalized spacial score (nSPS) is 15.5. The predicted octanol–water partition coefficient (Wildman–Crippen LogP) is -0.139. The predicted molar refractivity (Wildman–Crippen MR) is 117 cm³/mol. The van der Waals surface area contributed by atoms with Gasteiger partial charge in [0.2, 0.25) is 0 Å². The first-order valence-electron chi connectivity index (χ1n) is 9.16. The van der Waals surface area contributed by atoms with Gasteiger partial charge in [-0.25, -0.2) is 24.4 Å². The minimum absolute atomic E-state index is 0. The summed E-state index contributed by atoms with van der Waals surface area (Å²) in [6, 6.07) is 3.00. The maximum atomic E-state index is 11.3. The van der Waals surface area contributed by atoms with Gasteiger partial charge in [-0.2, -0.15) is 8.42 Å². The number of hydrogen-bond donors (Lipinski definition) is 4. The Labute approximate surface area is 202 Å². The van der Waals surface area contributed by atoms with Gasteiger partial charge in [0.05, 0.1) is 12.6 Å². The summed E-state index contributed by atoms with van der Waals surface area (Å²) < 4.78 is 45.5. The fourth-order valence-electron chi connectivity index (χ4n) is 3.50. The SMILES string of the molecule is COc1cc2ncnc(N3CCC(CCNS(N)(=O)=O)CC3)c2cc1OP(=O)(O)O.[NaH]. The molecule has 0 unspecified atom stereocenters. The number of nitrogens with one attached hydrogen (secondary N) is 1. The molecule has 0 spiro atoms. The van der Waals surface area contributed by atoms with Crippen molar-refractivity contribution in [1.82, 2.24) is 14.7 Å². The molecule has 1 saturated heterocycles. The van der Waals surface area contributed by atoms with Crippen molar-refractivity contribution in [3.63, 3.8) is 0 Å². The molecule has 0 bridgehead atoms. The Morgan fingerprint density at radius 3 is 2.52 bits per heavy atom. The number of nitrogens with zero attached hydrogens (tertiary/aromatic N) is 3. The fraction of sp³-hybridized carbons (Fsp3) is 0.500. The second-order valence-electron chi connectivity index (χ2n) is 6.96. The number of nitrogens with two attached hydrogens (primary N) is 1. The zero-order chi connectivity index (χ0) is 21.9. The first-order valence-corrected chi connectivity index (χ1v) is 12.2. The molecule has 2 heterocycles. The van der Waals surface area contributed by atoms with Crippen LogP contribution in [0.4, 0.5) is 5.82 Å². The Morgan fingerprint density at radius 1 is 1.26 bits per heavy atom. The first-order chi connectivity index (χ1) is 14.1. The molecule has 0 aliphatic carbocycles. The molecule has 1 aromatic heterocycles. The fourth-order valence-corrected chi connectivity index (χ4v) is 4.30. The van der Waals surface area contributed by atoms with E-state index in [-0.39, 0.29) is 41.1 Å². The second-order valence-corrected chi connectivity index (χ2v) is 9.50. The molecule has 1 fully saturated rings. The number of methoxy groups -OCH3 is 1. The van der Waals surface area contributed by atoms with Gasteiger partial charge in [0, 0.05) is 31.1 Å². The van der Waals surface area contributed by atoms with Crippen molar-refractivity contribution < 1.29 is 32.0 Å². The summed E-state index contributed by atoms with van der Waals surface area (Å²) in [7, 11) is -7.09. The van der Waals surface area contributed by atoms with Crippen LogP contribution < -0.4 is 24.0 Å². The zero-order valence-corrected chi connectivity index (χ0v) is 18.0. The van der Waals surface area contributed by atoms with E-state index in [1.165, 1.54) is 25.6 Å². The quantitative estimate of drug-likeness (QED) is 0.291. The third-order valence-corrected chi connectivity index (χ3v) is 5.93. The Bertz CT molecular complexity index is 1060. The number of benzene rings is 1. The molecule has 0 saturated carbocycles. The number of ether oxygens (including phenoxy) is 1. The average molecular weight is 485 g/mol. The van der Waals surface area contributed by atoms with Crippen LogP contribution in [0.2, 0.25) is 0 Å². The van der Waals surface area contributed by atoms with Gasteiger partial charge in [-0.1, -0.05) is 0 Å². The van der Waals surface area contributed by atoms with E-state index in [4.69, 9.17) is 14.4 Å². The van der Waals surface area contributed by atoms with Gasteiger partial charge in [0.1, 0.15) is 12.1 Å². The van der Waals surface area contributed by atoms with Crippen LogP contribution in [0.1, 0.15) is 19.3 Å². The first kappa shape index (κ1) is 26.2. The Kier molecular flexibility index (Phi) is 9.08. The Balaban J connectivity index is 0.00000341. The standard InChI is InChI=1S/C16H24N5O7PS.Na.H/c1-27-14-9-13-12(8-15(14)28-29(22,23)24)16(19-10-18-13)21-6-3-11(4-7-21)2-5-20-30(17,25)26;;/h8-11,20H,2-7H2,1H3,(H2,17,25,26)(H2,22,23,24);;. The number of hydrogen-bond acceptors (Lipinski definition) is 8. The van der Waals surface area contributed by atoms with E-state index in [0.717, 1.165) is 12.8 Å². The number of fused-ring (bicyclic) bond motifs is 1. The van der Waals surface area contributed by atoms with E-state index >= 15 is 0 Å². The van der Waals surface area contributed by atoms with E-state index < -0.39 is 18.0 Å². The monoisotopic (exact) mass is 485 g/mol. The number of anilines is 1. The summed E-state index contributed by atoms with van der Waals surface area (Å²) in [4.78, 5) is 29.0. The molecule has 15 heteroatoms. The molecular formula is C16H25N5NaO7PS. The van der Waals surface area contributed by atoms with E-state index in [1.807, 2.05) is 0 Å².